The molecule has 0 amide bonds. The summed E-state index contributed by atoms with van der Waals surface area (Å²) in [5.74, 6) is 1.59. The number of rotatable bonds is 3. The highest BCUT2D eigenvalue weighted by Crippen LogP contribution is 2.28. The molecular formula is C16H17ClN2. The van der Waals surface area contributed by atoms with Crippen LogP contribution in [0.15, 0.2) is 36.4 Å². The third kappa shape index (κ3) is 2.45. The molecule has 98 valence electrons. The zero-order chi connectivity index (χ0) is 13.2. The van der Waals surface area contributed by atoms with Crippen LogP contribution in [0.25, 0.3) is 0 Å². The largest absolute Gasteiger partial charge is 0.348 e. The van der Waals surface area contributed by atoms with Gasteiger partial charge in [0.2, 0.25) is 0 Å². The molecule has 0 radical (unpaired) electrons. The number of aryl methyl sites for hydroxylation is 1. The van der Waals surface area contributed by atoms with Crippen molar-refractivity contribution >= 4 is 17.4 Å². The molecule has 2 aromatic rings. The van der Waals surface area contributed by atoms with Crippen molar-refractivity contribution in [1.29, 1.82) is 0 Å². The first-order valence-corrected chi connectivity index (χ1v) is 7.21. The summed E-state index contributed by atoms with van der Waals surface area (Å²) in [4.78, 5) is 7.05. The summed E-state index contributed by atoms with van der Waals surface area (Å²) < 4.78 is 0. The van der Waals surface area contributed by atoms with Crippen LogP contribution < -0.4 is 4.90 Å². The van der Waals surface area contributed by atoms with Gasteiger partial charge in [-0.15, -0.1) is 11.6 Å². The summed E-state index contributed by atoms with van der Waals surface area (Å²) in [6.45, 7) is 4.01. The minimum Gasteiger partial charge on any atom is -0.348 e. The van der Waals surface area contributed by atoms with Gasteiger partial charge in [0.15, 0.2) is 0 Å². The molecule has 19 heavy (non-hydrogen) atoms. The Bertz CT molecular complexity index is 548. The topological polar surface area (TPSA) is 16.1 Å². The summed E-state index contributed by atoms with van der Waals surface area (Å²) in [6.07, 6.45) is 0.943. The number of alkyl halides is 1. The molecule has 0 saturated carbocycles. The zero-order valence-corrected chi connectivity index (χ0v) is 11.8. The first kappa shape index (κ1) is 12.5. The number of hydrogen-bond acceptors (Lipinski definition) is 2. The molecule has 0 fully saturated rings. The second-order valence-electron chi connectivity index (χ2n) is 4.94. The summed E-state index contributed by atoms with van der Waals surface area (Å²) in [7, 11) is 0. The summed E-state index contributed by atoms with van der Waals surface area (Å²) in [5, 5.41) is 0. The van der Waals surface area contributed by atoms with E-state index in [2.05, 4.69) is 48.2 Å². The molecule has 0 N–H and O–H groups in total. The normalized spacial score (nSPS) is 13.7. The monoisotopic (exact) mass is 272 g/mol. The molecule has 0 saturated heterocycles. The van der Waals surface area contributed by atoms with Gasteiger partial charge in [0.05, 0.1) is 0 Å². The van der Waals surface area contributed by atoms with E-state index in [0.29, 0.717) is 5.88 Å². The van der Waals surface area contributed by atoms with Crippen LogP contribution in [0.3, 0.4) is 0 Å². The second kappa shape index (κ2) is 5.22. The number of nitrogens with zero attached hydrogens (tertiary/aromatic N) is 2. The highest BCUT2D eigenvalue weighted by Gasteiger charge is 2.20. The SMILES string of the molecule is CCc1cc(CCl)cc(N2Cc3ccccc3C2)n1. The Hall–Kier alpha value is -1.54. The van der Waals surface area contributed by atoms with Gasteiger partial charge in [-0.05, 0) is 35.2 Å². The molecule has 0 unspecified atom stereocenters. The fourth-order valence-electron chi connectivity index (χ4n) is 2.55. The van der Waals surface area contributed by atoms with E-state index in [9.17, 15) is 0 Å². The highest BCUT2D eigenvalue weighted by atomic mass is 35.5. The van der Waals surface area contributed by atoms with Crippen molar-refractivity contribution in [3.05, 3.63) is 58.8 Å². The van der Waals surface area contributed by atoms with Crippen LogP contribution in [0.4, 0.5) is 5.82 Å². The van der Waals surface area contributed by atoms with E-state index >= 15 is 0 Å². The lowest BCUT2D eigenvalue weighted by molar-refractivity contribution is 0.843. The number of anilines is 1. The van der Waals surface area contributed by atoms with E-state index in [-0.39, 0.29) is 0 Å². The van der Waals surface area contributed by atoms with Gasteiger partial charge in [0, 0.05) is 24.7 Å². The summed E-state index contributed by atoms with van der Waals surface area (Å²) in [6, 6.07) is 12.8. The van der Waals surface area contributed by atoms with Crippen molar-refractivity contribution in [2.75, 3.05) is 4.90 Å². The van der Waals surface area contributed by atoms with Crippen LogP contribution in [0.1, 0.15) is 29.3 Å². The van der Waals surface area contributed by atoms with E-state index < -0.39 is 0 Å². The average molecular weight is 273 g/mol. The van der Waals surface area contributed by atoms with E-state index in [0.717, 1.165) is 36.6 Å². The van der Waals surface area contributed by atoms with E-state index in [4.69, 9.17) is 16.6 Å². The Labute approximate surface area is 119 Å². The first-order chi connectivity index (χ1) is 9.30. The van der Waals surface area contributed by atoms with Crippen molar-refractivity contribution in [1.82, 2.24) is 4.98 Å². The lowest BCUT2D eigenvalue weighted by Gasteiger charge is -2.18. The Morgan fingerprint density at radius 1 is 1.16 bits per heavy atom. The quantitative estimate of drug-likeness (QED) is 0.788. The Morgan fingerprint density at radius 2 is 1.84 bits per heavy atom. The standard InChI is InChI=1S/C16H17ClN2/c1-2-15-7-12(9-17)8-16(18-15)19-10-13-5-3-4-6-14(13)11-19/h3-8H,2,9-11H2,1H3. The molecule has 2 nitrogen and oxygen atoms in total. The molecule has 0 spiro atoms. The Morgan fingerprint density at radius 3 is 2.42 bits per heavy atom. The fourth-order valence-corrected chi connectivity index (χ4v) is 2.70. The molecule has 0 atom stereocenters. The molecule has 1 aliphatic heterocycles. The predicted octanol–water partition coefficient (Wildman–Crippen LogP) is 3.90. The lowest BCUT2D eigenvalue weighted by Crippen LogP contribution is -2.16. The van der Waals surface area contributed by atoms with Gasteiger partial charge >= 0.3 is 0 Å². The lowest BCUT2D eigenvalue weighted by atomic mass is 10.1. The van der Waals surface area contributed by atoms with Crippen molar-refractivity contribution in [3.63, 3.8) is 0 Å². The third-order valence-corrected chi connectivity index (χ3v) is 3.91. The summed E-state index contributed by atoms with van der Waals surface area (Å²) >= 11 is 5.98. The number of hydrogen-bond donors (Lipinski definition) is 0. The van der Waals surface area contributed by atoms with Crippen molar-refractivity contribution in [2.45, 2.75) is 32.3 Å². The fraction of sp³-hybridized carbons (Fsp3) is 0.312. The van der Waals surface area contributed by atoms with Crippen LogP contribution in [0, 0.1) is 0 Å². The van der Waals surface area contributed by atoms with Crippen LogP contribution in [-0.4, -0.2) is 4.98 Å². The molecule has 0 bridgehead atoms. The van der Waals surface area contributed by atoms with Crippen LogP contribution in [0.2, 0.25) is 0 Å². The Balaban J connectivity index is 1.92. The van der Waals surface area contributed by atoms with Crippen LogP contribution in [0.5, 0.6) is 0 Å². The van der Waals surface area contributed by atoms with E-state index in [1.807, 2.05) is 0 Å². The van der Waals surface area contributed by atoms with Gasteiger partial charge in [0.1, 0.15) is 5.82 Å². The minimum absolute atomic E-state index is 0.545. The molecule has 0 aliphatic carbocycles. The molecule has 3 rings (SSSR count). The number of aromatic nitrogens is 1. The molecular weight excluding hydrogens is 256 g/mol. The Kier molecular flexibility index (Phi) is 3.43. The number of benzene rings is 1. The van der Waals surface area contributed by atoms with Crippen molar-refractivity contribution < 1.29 is 0 Å². The van der Waals surface area contributed by atoms with Gasteiger partial charge in [-0.1, -0.05) is 31.2 Å². The highest BCUT2D eigenvalue weighted by molar-refractivity contribution is 6.17. The number of fused-ring (bicyclic) bond motifs is 1. The smallest absolute Gasteiger partial charge is 0.129 e. The summed E-state index contributed by atoms with van der Waals surface area (Å²) in [5.41, 5.74) is 5.07. The third-order valence-electron chi connectivity index (χ3n) is 3.61. The van der Waals surface area contributed by atoms with E-state index in [1.165, 1.54) is 11.1 Å². The maximum atomic E-state index is 5.98. The predicted molar refractivity (Wildman–Crippen MR) is 79.5 cm³/mol. The van der Waals surface area contributed by atoms with Gasteiger partial charge in [0.25, 0.3) is 0 Å². The minimum atomic E-state index is 0.545. The molecule has 1 aliphatic rings. The van der Waals surface area contributed by atoms with Gasteiger partial charge in [-0.3, -0.25) is 0 Å². The van der Waals surface area contributed by atoms with Gasteiger partial charge in [-0.25, -0.2) is 4.98 Å². The molecule has 1 aromatic heterocycles. The maximum absolute atomic E-state index is 5.98. The zero-order valence-electron chi connectivity index (χ0n) is 11.1. The number of halogens is 1. The van der Waals surface area contributed by atoms with E-state index in [1.54, 1.807) is 0 Å². The van der Waals surface area contributed by atoms with Crippen LogP contribution in [-0.2, 0) is 25.4 Å². The van der Waals surface area contributed by atoms with Gasteiger partial charge < -0.3 is 4.90 Å². The second-order valence-corrected chi connectivity index (χ2v) is 5.20. The molecule has 2 heterocycles. The molecule has 3 heteroatoms. The van der Waals surface area contributed by atoms with Crippen LogP contribution >= 0.6 is 11.6 Å². The average Bonchev–Trinajstić information content (AvgIpc) is 2.90. The maximum Gasteiger partial charge on any atom is 0.129 e. The van der Waals surface area contributed by atoms with Crippen molar-refractivity contribution in [3.8, 4) is 0 Å². The first-order valence-electron chi connectivity index (χ1n) is 6.67. The van der Waals surface area contributed by atoms with Gasteiger partial charge in [-0.2, -0.15) is 0 Å². The molecule has 1 aromatic carbocycles. The number of pyridine rings is 1. The van der Waals surface area contributed by atoms with Crippen molar-refractivity contribution in [2.24, 2.45) is 0 Å².